The molecule has 1 amide bonds. The molecule has 0 aliphatic rings. The Kier molecular flexibility index (Phi) is 5.93. The summed E-state index contributed by atoms with van der Waals surface area (Å²) in [7, 11) is 3.63. The Morgan fingerprint density at radius 3 is 2.83 bits per heavy atom. The SMILES string of the molecule is Cc1onc(-c2c(F)cccc2Cl)c1C(=O)NC[C@H](O)CN(C)C. The second-order valence-electron chi connectivity index (χ2n) is 5.69. The van der Waals surface area contributed by atoms with Gasteiger partial charge in [0.25, 0.3) is 5.91 Å². The highest BCUT2D eigenvalue weighted by Gasteiger charge is 2.25. The molecule has 1 aromatic heterocycles. The molecule has 0 radical (unpaired) electrons. The van der Waals surface area contributed by atoms with E-state index in [1.54, 1.807) is 11.8 Å². The fourth-order valence-electron chi connectivity index (χ4n) is 2.32. The number of hydrogen-bond donors (Lipinski definition) is 2. The van der Waals surface area contributed by atoms with Gasteiger partial charge in [0.2, 0.25) is 0 Å². The van der Waals surface area contributed by atoms with Crippen molar-refractivity contribution in [3.63, 3.8) is 0 Å². The summed E-state index contributed by atoms with van der Waals surface area (Å²) >= 11 is 6.04. The van der Waals surface area contributed by atoms with Crippen LogP contribution in [0.15, 0.2) is 22.7 Å². The van der Waals surface area contributed by atoms with Gasteiger partial charge >= 0.3 is 0 Å². The fraction of sp³-hybridized carbons (Fsp3) is 0.375. The van der Waals surface area contributed by atoms with Crippen LogP contribution in [0.25, 0.3) is 11.3 Å². The number of aryl methyl sites for hydroxylation is 1. The highest BCUT2D eigenvalue weighted by molar-refractivity contribution is 6.33. The molecule has 2 rings (SSSR count). The van der Waals surface area contributed by atoms with Crippen molar-refractivity contribution in [2.45, 2.75) is 13.0 Å². The lowest BCUT2D eigenvalue weighted by Gasteiger charge is -2.16. The molecule has 6 nitrogen and oxygen atoms in total. The number of aliphatic hydroxyl groups excluding tert-OH is 1. The lowest BCUT2D eigenvalue weighted by atomic mass is 10.0. The number of nitrogens with one attached hydrogen (secondary N) is 1. The van der Waals surface area contributed by atoms with Gasteiger partial charge in [-0.2, -0.15) is 0 Å². The van der Waals surface area contributed by atoms with E-state index in [1.165, 1.54) is 18.2 Å². The normalized spacial score (nSPS) is 12.5. The molecule has 0 unspecified atom stereocenters. The van der Waals surface area contributed by atoms with E-state index in [1.807, 2.05) is 14.1 Å². The first-order valence-electron chi connectivity index (χ1n) is 7.33. The van der Waals surface area contributed by atoms with Gasteiger partial charge in [-0.25, -0.2) is 4.39 Å². The number of amides is 1. The van der Waals surface area contributed by atoms with Gasteiger partial charge in [-0.15, -0.1) is 0 Å². The minimum Gasteiger partial charge on any atom is -0.390 e. The molecule has 1 heterocycles. The minimum atomic E-state index is -0.732. The van der Waals surface area contributed by atoms with Crippen molar-refractivity contribution in [2.75, 3.05) is 27.2 Å². The van der Waals surface area contributed by atoms with Gasteiger partial charge in [0.05, 0.1) is 16.7 Å². The molecule has 0 fully saturated rings. The van der Waals surface area contributed by atoms with E-state index in [0.717, 1.165) is 0 Å². The van der Waals surface area contributed by atoms with Crippen molar-refractivity contribution in [3.05, 3.63) is 40.4 Å². The Balaban J connectivity index is 2.26. The first kappa shape index (κ1) is 18.4. The summed E-state index contributed by atoms with van der Waals surface area (Å²) in [5.74, 6) is -0.873. The highest BCUT2D eigenvalue weighted by atomic mass is 35.5. The van der Waals surface area contributed by atoms with E-state index in [0.29, 0.717) is 6.54 Å². The number of aromatic nitrogens is 1. The van der Waals surface area contributed by atoms with Gasteiger partial charge in [-0.3, -0.25) is 4.79 Å². The van der Waals surface area contributed by atoms with Crippen LogP contribution in [0.5, 0.6) is 0 Å². The first-order chi connectivity index (χ1) is 11.3. The largest absolute Gasteiger partial charge is 0.390 e. The molecule has 0 spiro atoms. The molecule has 8 heteroatoms. The van der Waals surface area contributed by atoms with E-state index in [-0.39, 0.29) is 34.1 Å². The summed E-state index contributed by atoms with van der Waals surface area (Å²) < 4.78 is 19.1. The minimum absolute atomic E-state index is 0.00927. The van der Waals surface area contributed by atoms with Crippen LogP contribution in [0.3, 0.4) is 0 Å². The molecule has 0 saturated heterocycles. The Bertz CT molecular complexity index is 713. The van der Waals surface area contributed by atoms with Gasteiger partial charge in [0, 0.05) is 13.1 Å². The summed E-state index contributed by atoms with van der Waals surface area (Å²) in [6, 6.07) is 4.20. The summed E-state index contributed by atoms with van der Waals surface area (Å²) in [6.45, 7) is 2.00. The van der Waals surface area contributed by atoms with Gasteiger partial charge in [-0.1, -0.05) is 22.8 Å². The lowest BCUT2D eigenvalue weighted by Crippen LogP contribution is -2.37. The van der Waals surface area contributed by atoms with Crippen LogP contribution in [-0.4, -0.2) is 54.4 Å². The molecule has 0 bridgehead atoms. The number of halogens is 2. The average Bonchev–Trinajstić information content (AvgIpc) is 2.85. The summed E-state index contributed by atoms with van der Waals surface area (Å²) in [4.78, 5) is 14.2. The molecule has 2 aromatic rings. The zero-order chi connectivity index (χ0) is 17.9. The zero-order valence-electron chi connectivity index (χ0n) is 13.6. The Morgan fingerprint density at radius 1 is 1.50 bits per heavy atom. The topological polar surface area (TPSA) is 78.6 Å². The Labute approximate surface area is 144 Å². The molecule has 24 heavy (non-hydrogen) atoms. The van der Waals surface area contributed by atoms with Crippen molar-refractivity contribution < 1.29 is 18.8 Å². The smallest absolute Gasteiger partial charge is 0.257 e. The van der Waals surface area contributed by atoms with Crippen molar-refractivity contribution in [1.29, 1.82) is 0 Å². The van der Waals surface area contributed by atoms with Gasteiger partial charge < -0.3 is 19.8 Å². The van der Waals surface area contributed by atoms with Crippen LogP contribution in [0.2, 0.25) is 5.02 Å². The van der Waals surface area contributed by atoms with E-state index >= 15 is 0 Å². The third-order valence-electron chi connectivity index (χ3n) is 3.36. The number of carbonyl (C=O) groups excluding carboxylic acids is 1. The quantitative estimate of drug-likeness (QED) is 0.829. The van der Waals surface area contributed by atoms with Crippen LogP contribution in [0.4, 0.5) is 4.39 Å². The lowest BCUT2D eigenvalue weighted by molar-refractivity contribution is 0.0891. The van der Waals surface area contributed by atoms with Crippen LogP contribution >= 0.6 is 11.6 Å². The van der Waals surface area contributed by atoms with Crippen LogP contribution in [0, 0.1) is 12.7 Å². The fourth-order valence-corrected chi connectivity index (χ4v) is 2.57. The molecular formula is C16H19ClFN3O3. The third-order valence-corrected chi connectivity index (χ3v) is 3.68. The van der Waals surface area contributed by atoms with Crippen LogP contribution in [-0.2, 0) is 0 Å². The number of aliphatic hydroxyl groups is 1. The van der Waals surface area contributed by atoms with Crippen molar-refractivity contribution in [2.24, 2.45) is 0 Å². The van der Waals surface area contributed by atoms with Crippen molar-refractivity contribution >= 4 is 17.5 Å². The number of rotatable bonds is 6. The monoisotopic (exact) mass is 355 g/mol. The standard InChI is InChI=1S/C16H19ClFN3O3/c1-9-13(16(23)19-7-10(22)8-21(2)3)15(20-24-9)14-11(17)5-4-6-12(14)18/h4-6,10,22H,7-8H2,1-3H3,(H,19,23)/t10-/m0/s1. The van der Waals surface area contributed by atoms with Crippen molar-refractivity contribution in [1.82, 2.24) is 15.4 Å². The molecule has 0 saturated carbocycles. The second-order valence-corrected chi connectivity index (χ2v) is 6.09. The summed E-state index contributed by atoms with van der Waals surface area (Å²) in [6.07, 6.45) is -0.732. The van der Waals surface area contributed by atoms with Gasteiger partial charge in [0.15, 0.2) is 0 Å². The number of nitrogens with zero attached hydrogens (tertiary/aromatic N) is 2. The molecular weight excluding hydrogens is 337 g/mol. The third kappa shape index (κ3) is 4.11. The first-order valence-corrected chi connectivity index (χ1v) is 7.70. The maximum absolute atomic E-state index is 14.1. The van der Waals surface area contributed by atoms with E-state index in [2.05, 4.69) is 10.5 Å². The van der Waals surface area contributed by atoms with Gasteiger partial charge in [0.1, 0.15) is 22.8 Å². The van der Waals surface area contributed by atoms with E-state index < -0.39 is 17.8 Å². The maximum atomic E-state index is 14.1. The summed E-state index contributed by atoms with van der Waals surface area (Å²) in [5.41, 5.74) is 0.143. The van der Waals surface area contributed by atoms with Crippen LogP contribution < -0.4 is 5.32 Å². The molecule has 2 N–H and O–H groups in total. The predicted octanol–water partition coefficient (Wildman–Crippen LogP) is 2.09. The van der Waals surface area contributed by atoms with E-state index in [4.69, 9.17) is 16.1 Å². The number of likely N-dealkylation sites (N-methyl/N-ethyl adjacent to an activating group) is 1. The Hall–Kier alpha value is -1.96. The maximum Gasteiger partial charge on any atom is 0.257 e. The Morgan fingerprint density at radius 2 is 2.21 bits per heavy atom. The number of carbonyl (C=O) groups is 1. The molecule has 0 aliphatic heterocycles. The zero-order valence-corrected chi connectivity index (χ0v) is 14.4. The average molecular weight is 356 g/mol. The number of benzene rings is 1. The predicted molar refractivity (Wildman–Crippen MR) is 88.5 cm³/mol. The summed E-state index contributed by atoms with van der Waals surface area (Å²) in [5, 5.41) is 16.3. The van der Waals surface area contributed by atoms with Gasteiger partial charge in [-0.05, 0) is 33.2 Å². The molecule has 0 aliphatic carbocycles. The highest BCUT2D eigenvalue weighted by Crippen LogP contribution is 2.33. The molecule has 1 aromatic carbocycles. The molecule has 1 atom stereocenters. The second kappa shape index (κ2) is 7.74. The van der Waals surface area contributed by atoms with Crippen LogP contribution in [0.1, 0.15) is 16.1 Å². The molecule has 130 valence electrons. The van der Waals surface area contributed by atoms with E-state index in [9.17, 15) is 14.3 Å². The number of hydrogen-bond acceptors (Lipinski definition) is 5. The van der Waals surface area contributed by atoms with Crippen molar-refractivity contribution in [3.8, 4) is 11.3 Å².